The van der Waals surface area contributed by atoms with Gasteiger partial charge in [-0.05, 0) is 56.2 Å². The Kier molecular flexibility index (Phi) is 4.59. The third-order valence-corrected chi connectivity index (χ3v) is 6.07. The summed E-state index contributed by atoms with van der Waals surface area (Å²) in [5.41, 5.74) is 2.95. The van der Waals surface area contributed by atoms with E-state index in [9.17, 15) is 8.42 Å². The van der Waals surface area contributed by atoms with Gasteiger partial charge in [0, 0.05) is 11.4 Å². The van der Waals surface area contributed by atoms with Gasteiger partial charge in [0.1, 0.15) is 10.7 Å². The fourth-order valence-electron chi connectivity index (χ4n) is 2.88. The molecule has 0 amide bonds. The second-order valence-electron chi connectivity index (χ2n) is 6.02. The number of aromatic nitrogens is 1. The lowest BCUT2D eigenvalue weighted by Gasteiger charge is -2.16. The highest BCUT2D eigenvalue weighted by molar-refractivity contribution is 7.91. The highest BCUT2D eigenvalue weighted by atomic mass is 32.2. The number of para-hydroxylation sites is 1. The minimum atomic E-state index is -3.69. The van der Waals surface area contributed by atoms with Crippen LogP contribution in [-0.2, 0) is 9.84 Å². The Hall–Kier alpha value is -2.66. The molecule has 0 aliphatic heterocycles. The van der Waals surface area contributed by atoms with Crippen molar-refractivity contribution in [3.8, 4) is 0 Å². The van der Waals surface area contributed by atoms with Gasteiger partial charge < -0.3 is 5.32 Å². The lowest BCUT2D eigenvalue weighted by Crippen LogP contribution is -2.11. The van der Waals surface area contributed by atoms with Gasteiger partial charge in [-0.15, -0.1) is 0 Å². The number of benzene rings is 2. The Morgan fingerprint density at radius 3 is 2.16 bits per heavy atom. The number of aryl methyl sites for hydroxylation is 3. The number of hydrogen-bond acceptors (Lipinski definition) is 4. The number of hydrogen-bond donors (Lipinski definition) is 1. The Bertz CT molecular complexity index is 1010. The van der Waals surface area contributed by atoms with Gasteiger partial charge >= 0.3 is 0 Å². The number of nitrogens with one attached hydrogen (secondary N) is 1. The minimum absolute atomic E-state index is 0.219. The van der Waals surface area contributed by atoms with Crippen molar-refractivity contribution in [2.45, 2.75) is 30.6 Å². The zero-order valence-electron chi connectivity index (χ0n) is 14.4. The fraction of sp³-hybridized carbons (Fsp3) is 0.150. The molecular weight excluding hydrogens is 332 g/mol. The predicted octanol–water partition coefficient (Wildman–Crippen LogP) is 4.58. The first kappa shape index (κ1) is 17.2. The van der Waals surface area contributed by atoms with Crippen molar-refractivity contribution in [1.82, 2.24) is 4.98 Å². The van der Waals surface area contributed by atoms with Crippen LogP contribution in [0, 0.1) is 20.8 Å². The third kappa shape index (κ3) is 3.42. The first-order valence-electron chi connectivity index (χ1n) is 8.00. The lowest BCUT2D eigenvalue weighted by atomic mass is 10.2. The van der Waals surface area contributed by atoms with Crippen molar-refractivity contribution in [3.05, 3.63) is 77.5 Å². The Morgan fingerprint density at radius 2 is 1.48 bits per heavy atom. The van der Waals surface area contributed by atoms with Gasteiger partial charge in [-0.1, -0.05) is 36.4 Å². The van der Waals surface area contributed by atoms with Crippen molar-refractivity contribution in [3.63, 3.8) is 0 Å². The van der Waals surface area contributed by atoms with Crippen LogP contribution < -0.4 is 5.32 Å². The molecule has 5 heteroatoms. The molecule has 3 aromatic rings. The zero-order chi connectivity index (χ0) is 18.0. The lowest BCUT2D eigenvalue weighted by molar-refractivity contribution is 0.595. The normalized spacial score (nSPS) is 11.3. The number of sulfone groups is 1. The summed E-state index contributed by atoms with van der Waals surface area (Å²) < 4.78 is 26.6. The van der Waals surface area contributed by atoms with Crippen LogP contribution in [0.3, 0.4) is 0 Å². The molecular formula is C20H20N2O2S. The van der Waals surface area contributed by atoms with Crippen LogP contribution in [0.25, 0.3) is 0 Å². The van der Waals surface area contributed by atoms with Crippen LogP contribution in [0.15, 0.2) is 70.5 Å². The van der Waals surface area contributed by atoms with Gasteiger partial charge in [0.15, 0.2) is 0 Å². The molecule has 128 valence electrons. The second kappa shape index (κ2) is 6.69. The largest absolute Gasteiger partial charge is 0.339 e. The summed E-state index contributed by atoms with van der Waals surface area (Å²) in [7, 11) is -3.69. The van der Waals surface area contributed by atoms with Crippen LogP contribution in [-0.4, -0.2) is 13.4 Å². The molecule has 2 aromatic carbocycles. The molecule has 0 aliphatic rings. The van der Waals surface area contributed by atoms with E-state index >= 15 is 0 Å². The molecule has 0 aliphatic carbocycles. The van der Waals surface area contributed by atoms with E-state index in [0.717, 1.165) is 11.4 Å². The van der Waals surface area contributed by atoms with Crippen molar-refractivity contribution < 1.29 is 8.42 Å². The molecule has 0 bridgehead atoms. The molecule has 1 aromatic heterocycles. The molecule has 0 atom stereocenters. The third-order valence-electron chi connectivity index (χ3n) is 3.98. The number of anilines is 2. The maximum Gasteiger partial charge on any atom is 0.210 e. The molecule has 0 saturated heterocycles. The summed E-state index contributed by atoms with van der Waals surface area (Å²) >= 11 is 0. The molecule has 0 spiro atoms. The number of nitrogens with zero attached hydrogens (tertiary/aromatic N) is 1. The van der Waals surface area contributed by atoms with Gasteiger partial charge in [0.05, 0.1) is 4.90 Å². The summed E-state index contributed by atoms with van der Waals surface area (Å²) in [6.07, 6.45) is 0. The van der Waals surface area contributed by atoms with Gasteiger partial charge in [-0.25, -0.2) is 13.4 Å². The Labute approximate surface area is 148 Å². The monoisotopic (exact) mass is 352 g/mol. The molecule has 0 saturated carbocycles. The van der Waals surface area contributed by atoms with Crippen LogP contribution in [0.1, 0.15) is 16.8 Å². The molecule has 1 N–H and O–H groups in total. The maximum atomic E-state index is 13.3. The highest BCUT2D eigenvalue weighted by Crippen LogP contribution is 2.33. The standard InChI is InChI=1S/C20H20N2O2S/c1-14-9-7-8-12-18(14)25(23,24)19-15(2)13-16(3)21-20(19)22-17-10-5-4-6-11-17/h4-13H,1-3H3,(H,21,22). The van der Waals surface area contributed by atoms with Crippen LogP contribution in [0.4, 0.5) is 11.5 Å². The Morgan fingerprint density at radius 1 is 0.840 bits per heavy atom. The smallest absolute Gasteiger partial charge is 0.210 e. The molecule has 4 nitrogen and oxygen atoms in total. The first-order valence-corrected chi connectivity index (χ1v) is 9.49. The topological polar surface area (TPSA) is 59.1 Å². The molecule has 0 fully saturated rings. The average molecular weight is 352 g/mol. The van der Waals surface area contributed by atoms with E-state index in [0.29, 0.717) is 21.8 Å². The first-order chi connectivity index (χ1) is 11.9. The van der Waals surface area contributed by atoms with Gasteiger partial charge in [-0.2, -0.15) is 0 Å². The Balaban J connectivity index is 2.20. The quantitative estimate of drug-likeness (QED) is 0.746. The van der Waals surface area contributed by atoms with E-state index in [2.05, 4.69) is 10.3 Å². The predicted molar refractivity (Wildman–Crippen MR) is 100 cm³/mol. The van der Waals surface area contributed by atoms with Crippen LogP contribution in [0.2, 0.25) is 0 Å². The van der Waals surface area contributed by atoms with E-state index in [1.165, 1.54) is 0 Å². The average Bonchev–Trinajstić information content (AvgIpc) is 2.55. The number of rotatable bonds is 4. The van der Waals surface area contributed by atoms with Gasteiger partial charge in [-0.3, -0.25) is 0 Å². The van der Waals surface area contributed by atoms with E-state index in [4.69, 9.17) is 0 Å². The van der Waals surface area contributed by atoms with Crippen LogP contribution >= 0.6 is 0 Å². The van der Waals surface area contributed by atoms with E-state index in [-0.39, 0.29) is 4.90 Å². The molecule has 25 heavy (non-hydrogen) atoms. The van der Waals surface area contributed by atoms with Gasteiger partial charge in [0.2, 0.25) is 9.84 Å². The number of pyridine rings is 1. The SMILES string of the molecule is Cc1cc(C)c(S(=O)(=O)c2ccccc2C)c(Nc2ccccc2)n1. The second-order valence-corrected chi connectivity index (χ2v) is 7.87. The summed E-state index contributed by atoms with van der Waals surface area (Å²) in [6, 6.07) is 18.2. The van der Waals surface area contributed by atoms with E-state index in [1.54, 1.807) is 38.1 Å². The summed E-state index contributed by atoms with van der Waals surface area (Å²) in [5, 5.41) is 3.16. The van der Waals surface area contributed by atoms with Crippen LogP contribution in [0.5, 0.6) is 0 Å². The fourth-order valence-corrected chi connectivity index (χ4v) is 4.68. The molecule has 0 unspecified atom stereocenters. The van der Waals surface area contributed by atoms with Gasteiger partial charge in [0.25, 0.3) is 0 Å². The van der Waals surface area contributed by atoms with Crippen molar-refractivity contribution >= 4 is 21.3 Å². The van der Waals surface area contributed by atoms with E-state index in [1.807, 2.05) is 43.3 Å². The summed E-state index contributed by atoms with van der Waals surface area (Å²) in [5.74, 6) is 0.354. The molecule has 1 heterocycles. The zero-order valence-corrected chi connectivity index (χ0v) is 15.3. The summed E-state index contributed by atoms with van der Waals surface area (Å²) in [6.45, 7) is 5.46. The molecule has 3 rings (SSSR count). The van der Waals surface area contributed by atoms with E-state index < -0.39 is 9.84 Å². The highest BCUT2D eigenvalue weighted by Gasteiger charge is 2.26. The van der Waals surface area contributed by atoms with Crippen molar-refractivity contribution in [1.29, 1.82) is 0 Å². The van der Waals surface area contributed by atoms with Crippen molar-refractivity contribution in [2.75, 3.05) is 5.32 Å². The summed E-state index contributed by atoms with van der Waals surface area (Å²) in [4.78, 5) is 4.98. The maximum absolute atomic E-state index is 13.3. The minimum Gasteiger partial charge on any atom is -0.339 e. The molecule has 0 radical (unpaired) electrons. The van der Waals surface area contributed by atoms with Crippen molar-refractivity contribution in [2.24, 2.45) is 0 Å².